The molecule has 3 aromatic carbocycles. The molecule has 0 unspecified atom stereocenters. The molecule has 4 aromatic rings. The lowest BCUT2D eigenvalue weighted by atomic mass is 9.89. The summed E-state index contributed by atoms with van der Waals surface area (Å²) in [6.45, 7) is 0.907. The van der Waals surface area contributed by atoms with Crippen molar-refractivity contribution in [2.75, 3.05) is 7.11 Å². The Balaban J connectivity index is 1.75. The first-order chi connectivity index (χ1) is 15.6. The Kier molecular flexibility index (Phi) is 5.51. The van der Waals surface area contributed by atoms with E-state index >= 15 is 0 Å². The van der Waals surface area contributed by atoms with Crippen LogP contribution in [-0.2, 0) is 6.54 Å². The maximum absolute atomic E-state index is 11.1. The number of nitro benzene ring substituents is 1. The van der Waals surface area contributed by atoms with Gasteiger partial charge in [0, 0.05) is 35.0 Å². The van der Waals surface area contributed by atoms with Gasteiger partial charge in [-0.15, -0.1) is 0 Å². The minimum atomic E-state index is -0.381. The summed E-state index contributed by atoms with van der Waals surface area (Å²) in [4.78, 5) is 10.7. The first kappa shape index (κ1) is 20.8. The van der Waals surface area contributed by atoms with Crippen LogP contribution in [0.2, 0.25) is 5.02 Å². The predicted octanol–water partition coefficient (Wildman–Crippen LogP) is 7.61. The number of rotatable bonds is 5. The van der Waals surface area contributed by atoms with Gasteiger partial charge in [0.05, 0.1) is 28.1 Å². The summed E-state index contributed by atoms with van der Waals surface area (Å²) in [5.74, 6) is 1.39. The van der Waals surface area contributed by atoms with E-state index in [1.54, 1.807) is 19.2 Å². The largest absolute Gasteiger partial charge is 0.494 e. The highest BCUT2D eigenvalue weighted by molar-refractivity contribution is 6.36. The Morgan fingerprint density at radius 2 is 1.72 bits per heavy atom. The SMILES string of the molecule is COc1c(-c2ccc([N+](=O)[O-])cc2)ccc2c3cccc(Cl)c3n(CC3CCCCC3)c12. The molecule has 1 saturated carbocycles. The smallest absolute Gasteiger partial charge is 0.269 e. The first-order valence-corrected chi connectivity index (χ1v) is 11.5. The van der Waals surface area contributed by atoms with E-state index in [2.05, 4.69) is 16.7 Å². The van der Waals surface area contributed by atoms with Crippen LogP contribution in [-0.4, -0.2) is 16.6 Å². The maximum atomic E-state index is 11.1. The van der Waals surface area contributed by atoms with Crippen molar-refractivity contribution >= 4 is 39.1 Å². The van der Waals surface area contributed by atoms with Gasteiger partial charge in [0.2, 0.25) is 0 Å². The van der Waals surface area contributed by atoms with Crippen molar-refractivity contribution in [2.45, 2.75) is 38.6 Å². The lowest BCUT2D eigenvalue weighted by Crippen LogP contribution is -2.14. The van der Waals surface area contributed by atoms with Gasteiger partial charge in [-0.25, -0.2) is 0 Å². The zero-order chi connectivity index (χ0) is 22.2. The molecular formula is C26H25ClN2O3. The molecule has 0 N–H and O–H groups in total. The summed E-state index contributed by atoms with van der Waals surface area (Å²) in [5.41, 5.74) is 3.96. The molecule has 0 atom stereocenters. The van der Waals surface area contributed by atoms with Crippen LogP contribution in [0.4, 0.5) is 5.69 Å². The number of non-ortho nitro benzene ring substituents is 1. The third kappa shape index (κ3) is 3.51. The second-order valence-corrected chi connectivity index (χ2v) is 9.00. The Morgan fingerprint density at radius 3 is 2.41 bits per heavy atom. The summed E-state index contributed by atoms with van der Waals surface area (Å²) < 4.78 is 8.34. The molecule has 164 valence electrons. The minimum absolute atomic E-state index is 0.0759. The normalized spacial score (nSPS) is 14.8. The highest BCUT2D eigenvalue weighted by Crippen LogP contribution is 2.44. The highest BCUT2D eigenvalue weighted by Gasteiger charge is 2.23. The number of ether oxygens (including phenoxy) is 1. The van der Waals surface area contributed by atoms with E-state index in [1.807, 2.05) is 18.2 Å². The molecule has 0 aliphatic heterocycles. The second kappa shape index (κ2) is 8.47. The number of aromatic nitrogens is 1. The molecule has 0 amide bonds. The van der Waals surface area contributed by atoms with Crippen molar-refractivity contribution in [3.63, 3.8) is 0 Å². The van der Waals surface area contributed by atoms with Gasteiger partial charge in [-0.3, -0.25) is 10.1 Å². The Morgan fingerprint density at radius 1 is 1.00 bits per heavy atom. The third-order valence-corrected chi connectivity index (χ3v) is 7.01. The fraction of sp³-hybridized carbons (Fsp3) is 0.308. The standard InChI is InChI=1S/C26H25ClN2O3/c1-32-26-20(18-10-12-19(13-11-18)29(30)31)14-15-22-21-8-5-9-23(27)24(21)28(25(22)26)16-17-6-3-2-4-7-17/h5,8-15,17H,2-4,6-7,16H2,1H3. The first-order valence-electron chi connectivity index (χ1n) is 11.1. The number of nitro groups is 1. The van der Waals surface area contributed by atoms with Crippen LogP contribution in [0.5, 0.6) is 5.75 Å². The molecule has 0 spiro atoms. The van der Waals surface area contributed by atoms with Crippen molar-refractivity contribution in [3.8, 4) is 16.9 Å². The van der Waals surface area contributed by atoms with Gasteiger partial charge in [0.15, 0.2) is 5.75 Å². The lowest BCUT2D eigenvalue weighted by Gasteiger charge is -2.24. The molecule has 32 heavy (non-hydrogen) atoms. The average Bonchev–Trinajstić information content (AvgIpc) is 3.14. The van der Waals surface area contributed by atoms with Gasteiger partial charge >= 0.3 is 0 Å². The van der Waals surface area contributed by atoms with Crippen molar-refractivity contribution in [1.82, 2.24) is 4.57 Å². The molecule has 6 heteroatoms. The molecule has 5 nitrogen and oxygen atoms in total. The van der Waals surface area contributed by atoms with Crippen LogP contribution in [0.15, 0.2) is 54.6 Å². The summed E-state index contributed by atoms with van der Waals surface area (Å²) in [6, 6.07) is 16.8. The molecule has 5 rings (SSSR count). The summed E-state index contributed by atoms with van der Waals surface area (Å²) >= 11 is 6.73. The zero-order valence-electron chi connectivity index (χ0n) is 18.0. The van der Waals surface area contributed by atoms with Gasteiger partial charge in [0.25, 0.3) is 5.69 Å². The van der Waals surface area contributed by atoms with E-state index in [1.165, 1.54) is 44.2 Å². The van der Waals surface area contributed by atoms with Crippen molar-refractivity contribution < 1.29 is 9.66 Å². The Bertz CT molecular complexity index is 1300. The summed E-state index contributed by atoms with van der Waals surface area (Å²) in [6.07, 6.45) is 6.34. The van der Waals surface area contributed by atoms with Crippen molar-refractivity contribution in [3.05, 3.63) is 69.7 Å². The number of hydrogen-bond acceptors (Lipinski definition) is 3. The number of halogens is 1. The number of hydrogen-bond donors (Lipinski definition) is 0. The van der Waals surface area contributed by atoms with Gasteiger partial charge in [0.1, 0.15) is 0 Å². The van der Waals surface area contributed by atoms with E-state index < -0.39 is 0 Å². The number of para-hydroxylation sites is 1. The van der Waals surface area contributed by atoms with Gasteiger partial charge in [-0.1, -0.05) is 49.1 Å². The quantitative estimate of drug-likeness (QED) is 0.233. The van der Waals surface area contributed by atoms with E-state index in [0.717, 1.165) is 50.2 Å². The molecule has 1 aliphatic carbocycles. The van der Waals surface area contributed by atoms with E-state index in [4.69, 9.17) is 16.3 Å². The average molecular weight is 449 g/mol. The van der Waals surface area contributed by atoms with Crippen LogP contribution in [0.1, 0.15) is 32.1 Å². The fourth-order valence-corrected chi connectivity index (χ4v) is 5.46. The summed E-state index contributed by atoms with van der Waals surface area (Å²) in [5, 5.41) is 14.1. The molecule has 1 aromatic heterocycles. The van der Waals surface area contributed by atoms with Crippen LogP contribution in [0, 0.1) is 16.0 Å². The van der Waals surface area contributed by atoms with E-state index in [-0.39, 0.29) is 10.6 Å². The van der Waals surface area contributed by atoms with Crippen molar-refractivity contribution in [2.24, 2.45) is 5.92 Å². The highest BCUT2D eigenvalue weighted by atomic mass is 35.5. The van der Waals surface area contributed by atoms with E-state index in [0.29, 0.717) is 5.92 Å². The Labute approximate surface area is 191 Å². The van der Waals surface area contributed by atoms with Crippen LogP contribution in [0.25, 0.3) is 32.9 Å². The monoisotopic (exact) mass is 448 g/mol. The molecule has 0 bridgehead atoms. The van der Waals surface area contributed by atoms with Crippen LogP contribution >= 0.6 is 11.6 Å². The van der Waals surface area contributed by atoms with Crippen LogP contribution < -0.4 is 4.74 Å². The topological polar surface area (TPSA) is 57.3 Å². The molecule has 1 heterocycles. The fourth-order valence-electron chi connectivity index (χ4n) is 5.18. The molecular weight excluding hydrogens is 424 g/mol. The van der Waals surface area contributed by atoms with Crippen LogP contribution in [0.3, 0.4) is 0 Å². The zero-order valence-corrected chi connectivity index (χ0v) is 18.8. The minimum Gasteiger partial charge on any atom is -0.494 e. The van der Waals surface area contributed by atoms with Gasteiger partial charge in [-0.2, -0.15) is 0 Å². The van der Waals surface area contributed by atoms with Gasteiger partial charge < -0.3 is 9.30 Å². The third-order valence-electron chi connectivity index (χ3n) is 6.71. The van der Waals surface area contributed by atoms with Crippen molar-refractivity contribution in [1.29, 1.82) is 0 Å². The number of benzene rings is 3. The molecule has 1 aliphatic rings. The molecule has 1 fully saturated rings. The number of methoxy groups -OCH3 is 1. The van der Waals surface area contributed by atoms with Gasteiger partial charge in [-0.05, 0) is 48.6 Å². The number of nitrogens with zero attached hydrogens (tertiary/aromatic N) is 2. The Hall–Kier alpha value is -3.05. The molecule has 0 radical (unpaired) electrons. The summed E-state index contributed by atoms with van der Waals surface area (Å²) in [7, 11) is 1.69. The maximum Gasteiger partial charge on any atom is 0.269 e. The lowest BCUT2D eigenvalue weighted by molar-refractivity contribution is -0.384. The molecule has 0 saturated heterocycles. The predicted molar refractivity (Wildman–Crippen MR) is 130 cm³/mol. The van der Waals surface area contributed by atoms with E-state index in [9.17, 15) is 10.1 Å². The number of fused-ring (bicyclic) bond motifs is 3. The second-order valence-electron chi connectivity index (χ2n) is 8.60.